The van der Waals surface area contributed by atoms with Crippen LogP contribution in [0.2, 0.25) is 0 Å². The van der Waals surface area contributed by atoms with Gasteiger partial charge in [-0.15, -0.1) is 11.3 Å². The lowest BCUT2D eigenvalue weighted by atomic mass is 10.1. The van der Waals surface area contributed by atoms with E-state index in [2.05, 4.69) is 0 Å². The molecule has 1 amide bonds. The minimum atomic E-state index is 0. The fourth-order valence-corrected chi connectivity index (χ4v) is 3.11. The van der Waals surface area contributed by atoms with Crippen LogP contribution >= 0.6 is 11.3 Å². The summed E-state index contributed by atoms with van der Waals surface area (Å²) in [5.41, 5.74) is 2.20. The van der Waals surface area contributed by atoms with Gasteiger partial charge in [-0.25, -0.2) is 0 Å². The number of hydrogen-bond acceptors (Lipinski definition) is 3. The topological polar surface area (TPSA) is 49.1 Å². The van der Waals surface area contributed by atoms with Crippen LogP contribution in [0, 0.1) is 5.41 Å². The first-order valence-electron chi connectivity index (χ1n) is 7.76. The first-order chi connectivity index (χ1) is 11.7. The molecule has 4 nitrogen and oxygen atoms in total. The van der Waals surface area contributed by atoms with Crippen molar-refractivity contribution in [3.8, 4) is 0 Å². The van der Waals surface area contributed by atoms with Crippen LogP contribution in [0.3, 0.4) is 0 Å². The van der Waals surface area contributed by atoms with Gasteiger partial charge in [0, 0.05) is 24.7 Å². The number of nitrogens with one attached hydrogen (secondary N) is 1. The first-order valence-corrected chi connectivity index (χ1v) is 8.64. The van der Waals surface area contributed by atoms with Crippen molar-refractivity contribution in [3.05, 3.63) is 88.2 Å². The standard InChI is InChI=1S/C19H19N3OS.ClH/c20-19-21(11-12-24-19)15-18(23)22(13-16-7-3-1-4-8-16)14-17-9-5-2-6-10-17;/h1-12,20H,13-15H2;1H/p-1. The fourth-order valence-electron chi connectivity index (χ4n) is 2.51. The molecule has 130 valence electrons. The number of carbonyl (C=O) groups is 1. The van der Waals surface area contributed by atoms with E-state index >= 15 is 0 Å². The summed E-state index contributed by atoms with van der Waals surface area (Å²) in [6.45, 7) is 1.32. The number of benzene rings is 2. The van der Waals surface area contributed by atoms with Crippen molar-refractivity contribution >= 4 is 17.2 Å². The van der Waals surface area contributed by atoms with E-state index in [4.69, 9.17) is 5.41 Å². The van der Waals surface area contributed by atoms with Crippen molar-refractivity contribution in [3.63, 3.8) is 0 Å². The molecule has 25 heavy (non-hydrogen) atoms. The monoisotopic (exact) mass is 372 g/mol. The molecule has 0 saturated carbocycles. The summed E-state index contributed by atoms with van der Waals surface area (Å²) in [7, 11) is 0. The summed E-state index contributed by atoms with van der Waals surface area (Å²) in [6, 6.07) is 20.0. The summed E-state index contributed by atoms with van der Waals surface area (Å²) in [5, 5.41) is 9.67. The molecule has 0 aliphatic carbocycles. The van der Waals surface area contributed by atoms with E-state index in [1.807, 2.05) is 70.9 Å². The number of carbonyl (C=O) groups excluding carboxylic acids is 1. The molecule has 3 rings (SSSR count). The highest BCUT2D eigenvalue weighted by Gasteiger charge is 2.15. The van der Waals surface area contributed by atoms with Gasteiger partial charge in [-0.3, -0.25) is 10.2 Å². The molecule has 3 aromatic rings. The van der Waals surface area contributed by atoms with Crippen molar-refractivity contribution in [1.29, 1.82) is 5.41 Å². The summed E-state index contributed by atoms with van der Waals surface area (Å²) < 4.78 is 1.68. The van der Waals surface area contributed by atoms with Crippen molar-refractivity contribution in [2.45, 2.75) is 19.6 Å². The predicted molar refractivity (Wildman–Crippen MR) is 95.3 cm³/mol. The lowest BCUT2D eigenvalue weighted by molar-refractivity contribution is -0.133. The van der Waals surface area contributed by atoms with E-state index in [0.717, 1.165) is 11.1 Å². The second kappa shape index (κ2) is 9.20. The number of aromatic nitrogens is 1. The Morgan fingerprint density at radius 2 is 1.48 bits per heavy atom. The Morgan fingerprint density at radius 1 is 0.960 bits per heavy atom. The first kappa shape index (κ1) is 19.0. The Bertz CT molecular complexity index is 804. The largest absolute Gasteiger partial charge is 1.00 e. The minimum Gasteiger partial charge on any atom is -1.00 e. The van der Waals surface area contributed by atoms with Gasteiger partial charge in [0.15, 0.2) is 4.80 Å². The second-order valence-corrected chi connectivity index (χ2v) is 6.45. The maximum atomic E-state index is 12.8. The highest BCUT2D eigenvalue weighted by atomic mass is 35.5. The van der Waals surface area contributed by atoms with E-state index in [1.54, 1.807) is 10.8 Å². The van der Waals surface area contributed by atoms with Crippen LogP contribution < -0.4 is 17.2 Å². The van der Waals surface area contributed by atoms with Crippen LogP contribution in [0.15, 0.2) is 72.2 Å². The highest BCUT2D eigenvalue weighted by molar-refractivity contribution is 7.06. The van der Waals surface area contributed by atoms with Crippen molar-refractivity contribution in [2.24, 2.45) is 0 Å². The molecule has 0 aliphatic rings. The smallest absolute Gasteiger partial charge is 0.243 e. The number of amides is 1. The molecule has 1 aromatic heterocycles. The summed E-state index contributed by atoms with van der Waals surface area (Å²) in [6.07, 6.45) is 1.79. The molecule has 1 N–H and O–H groups in total. The van der Waals surface area contributed by atoms with Gasteiger partial charge in [0.2, 0.25) is 5.91 Å². The minimum absolute atomic E-state index is 0. The normalized spacial score (nSPS) is 10.1. The lowest BCUT2D eigenvalue weighted by Crippen LogP contribution is -3.00. The van der Waals surface area contributed by atoms with E-state index in [0.29, 0.717) is 17.9 Å². The van der Waals surface area contributed by atoms with Gasteiger partial charge in [0.25, 0.3) is 0 Å². The van der Waals surface area contributed by atoms with Crippen LogP contribution in [0.25, 0.3) is 0 Å². The molecule has 0 radical (unpaired) electrons. The fraction of sp³-hybridized carbons (Fsp3) is 0.158. The summed E-state index contributed by atoms with van der Waals surface area (Å²) in [5.74, 6) is 0.0135. The van der Waals surface area contributed by atoms with Gasteiger partial charge in [-0.2, -0.15) is 0 Å². The Balaban J connectivity index is 0.00000225. The zero-order valence-electron chi connectivity index (χ0n) is 13.6. The zero-order chi connectivity index (χ0) is 16.8. The third kappa shape index (κ3) is 5.31. The molecule has 0 atom stereocenters. The van der Waals surface area contributed by atoms with Crippen LogP contribution in [-0.4, -0.2) is 15.4 Å². The Labute approximate surface area is 157 Å². The van der Waals surface area contributed by atoms with E-state index < -0.39 is 0 Å². The third-order valence-corrected chi connectivity index (χ3v) is 4.49. The van der Waals surface area contributed by atoms with Crippen LogP contribution in [-0.2, 0) is 24.4 Å². The lowest BCUT2D eigenvalue weighted by Gasteiger charge is -2.23. The average molecular weight is 373 g/mol. The molecule has 0 spiro atoms. The third-order valence-electron chi connectivity index (χ3n) is 3.77. The summed E-state index contributed by atoms with van der Waals surface area (Å²) >= 11 is 1.32. The van der Waals surface area contributed by atoms with Crippen molar-refractivity contribution in [1.82, 2.24) is 9.47 Å². The van der Waals surface area contributed by atoms with Crippen molar-refractivity contribution in [2.75, 3.05) is 0 Å². The maximum Gasteiger partial charge on any atom is 0.243 e. The zero-order valence-corrected chi connectivity index (χ0v) is 15.2. The molecule has 0 saturated heterocycles. The number of thiazole rings is 1. The molecular formula is C19H19ClN3OS-. The molecule has 1 heterocycles. The molecule has 6 heteroatoms. The van der Waals surface area contributed by atoms with Crippen molar-refractivity contribution < 1.29 is 17.2 Å². The van der Waals surface area contributed by atoms with Gasteiger partial charge in [-0.1, -0.05) is 60.7 Å². The number of nitrogens with zero attached hydrogens (tertiary/aromatic N) is 2. The number of hydrogen-bond donors (Lipinski definition) is 1. The highest BCUT2D eigenvalue weighted by Crippen LogP contribution is 2.11. The van der Waals surface area contributed by atoms with E-state index in [9.17, 15) is 4.79 Å². The predicted octanol–water partition coefficient (Wildman–Crippen LogP) is 0.262. The average Bonchev–Trinajstić information content (AvgIpc) is 3.01. The second-order valence-electron chi connectivity index (χ2n) is 5.56. The van der Waals surface area contributed by atoms with Gasteiger partial charge in [-0.05, 0) is 11.1 Å². The Kier molecular flexibility index (Phi) is 6.98. The molecule has 0 bridgehead atoms. The van der Waals surface area contributed by atoms with E-state index in [1.165, 1.54) is 11.3 Å². The molecular weight excluding hydrogens is 354 g/mol. The van der Waals surface area contributed by atoms with Gasteiger partial charge in [0.05, 0.1) is 0 Å². The molecule has 0 aliphatic heterocycles. The number of rotatable bonds is 6. The van der Waals surface area contributed by atoms with Gasteiger partial charge >= 0.3 is 0 Å². The van der Waals surface area contributed by atoms with Gasteiger partial charge in [0.1, 0.15) is 6.54 Å². The van der Waals surface area contributed by atoms with Crippen LogP contribution in [0.1, 0.15) is 11.1 Å². The molecule has 2 aromatic carbocycles. The Hall–Kier alpha value is -2.37. The van der Waals surface area contributed by atoms with Gasteiger partial charge < -0.3 is 21.9 Å². The number of halogens is 1. The Morgan fingerprint density at radius 3 is 1.92 bits per heavy atom. The SMILES string of the molecule is N=c1sccn1CC(=O)N(Cc1ccccc1)Cc1ccccc1.[Cl-]. The molecule has 0 fully saturated rings. The maximum absolute atomic E-state index is 12.8. The van der Waals surface area contributed by atoms with Crippen LogP contribution in [0.4, 0.5) is 0 Å². The quantitative estimate of drug-likeness (QED) is 0.663. The van der Waals surface area contributed by atoms with Crippen LogP contribution in [0.5, 0.6) is 0 Å². The molecule has 0 unspecified atom stereocenters. The summed E-state index contributed by atoms with van der Waals surface area (Å²) in [4.78, 5) is 15.0. The van der Waals surface area contributed by atoms with E-state index in [-0.39, 0.29) is 24.9 Å².